The van der Waals surface area contributed by atoms with E-state index in [0.29, 0.717) is 29.4 Å². The van der Waals surface area contributed by atoms with E-state index in [1.807, 2.05) is 25.1 Å². The van der Waals surface area contributed by atoms with Gasteiger partial charge in [0, 0.05) is 11.3 Å². The first kappa shape index (κ1) is 13.2. The third-order valence-electron chi connectivity index (χ3n) is 2.64. The van der Waals surface area contributed by atoms with Gasteiger partial charge in [-0.2, -0.15) is 0 Å². The van der Waals surface area contributed by atoms with Crippen LogP contribution in [0.15, 0.2) is 42.5 Å². The topological polar surface area (TPSA) is 44.5 Å². The van der Waals surface area contributed by atoms with Gasteiger partial charge in [-0.1, -0.05) is 12.1 Å². The van der Waals surface area contributed by atoms with Crippen LogP contribution in [-0.2, 0) is 6.61 Å². The van der Waals surface area contributed by atoms with Crippen LogP contribution in [0, 0.1) is 5.82 Å². The fourth-order valence-electron chi connectivity index (χ4n) is 1.70. The second-order valence-electron chi connectivity index (χ2n) is 4.01. The quantitative estimate of drug-likeness (QED) is 0.839. The molecule has 0 aromatic heterocycles. The van der Waals surface area contributed by atoms with Crippen molar-refractivity contribution in [3.8, 4) is 11.5 Å². The molecule has 0 atom stereocenters. The number of para-hydroxylation sites is 2. The molecule has 0 aliphatic rings. The Morgan fingerprint density at radius 1 is 1.05 bits per heavy atom. The minimum atomic E-state index is -0.328. The van der Waals surface area contributed by atoms with Crippen molar-refractivity contribution in [1.82, 2.24) is 0 Å². The van der Waals surface area contributed by atoms with Crippen LogP contribution in [0.2, 0.25) is 0 Å². The molecule has 3 nitrogen and oxygen atoms in total. The highest BCUT2D eigenvalue weighted by atomic mass is 19.1. The van der Waals surface area contributed by atoms with Crippen molar-refractivity contribution in [2.75, 3.05) is 12.3 Å². The first-order chi connectivity index (χ1) is 9.20. The summed E-state index contributed by atoms with van der Waals surface area (Å²) in [5.74, 6) is 0.957. The van der Waals surface area contributed by atoms with Crippen LogP contribution in [-0.4, -0.2) is 6.61 Å². The first-order valence-corrected chi connectivity index (χ1v) is 6.09. The predicted molar refractivity (Wildman–Crippen MR) is 72.8 cm³/mol. The van der Waals surface area contributed by atoms with Gasteiger partial charge in [0.05, 0.1) is 6.61 Å². The molecule has 2 rings (SSSR count). The van der Waals surface area contributed by atoms with Crippen LogP contribution in [0.3, 0.4) is 0 Å². The third kappa shape index (κ3) is 3.37. The van der Waals surface area contributed by atoms with Gasteiger partial charge in [-0.05, 0) is 37.3 Å². The van der Waals surface area contributed by atoms with Gasteiger partial charge in [0.15, 0.2) is 11.5 Å². The smallest absolute Gasteiger partial charge is 0.161 e. The van der Waals surface area contributed by atoms with E-state index in [0.717, 1.165) is 0 Å². The molecule has 2 aromatic carbocycles. The fraction of sp³-hybridized carbons (Fsp3) is 0.200. The van der Waals surface area contributed by atoms with Gasteiger partial charge in [-0.15, -0.1) is 0 Å². The lowest BCUT2D eigenvalue weighted by molar-refractivity contribution is 0.269. The van der Waals surface area contributed by atoms with Crippen LogP contribution < -0.4 is 15.2 Å². The SMILES string of the molecule is CCOc1ccccc1OCc1cc(F)ccc1N. The maximum absolute atomic E-state index is 13.1. The van der Waals surface area contributed by atoms with Crippen molar-refractivity contribution in [2.24, 2.45) is 0 Å². The molecule has 0 spiro atoms. The van der Waals surface area contributed by atoms with Crippen LogP contribution in [0.1, 0.15) is 12.5 Å². The van der Waals surface area contributed by atoms with Crippen LogP contribution >= 0.6 is 0 Å². The molecule has 0 heterocycles. The Balaban J connectivity index is 2.12. The molecule has 2 N–H and O–H groups in total. The monoisotopic (exact) mass is 261 g/mol. The number of hydrogen-bond donors (Lipinski definition) is 1. The summed E-state index contributed by atoms with van der Waals surface area (Å²) in [5, 5.41) is 0. The molecule has 0 amide bonds. The number of anilines is 1. The number of rotatable bonds is 5. The van der Waals surface area contributed by atoms with Gasteiger partial charge in [-0.25, -0.2) is 4.39 Å². The highest BCUT2D eigenvalue weighted by molar-refractivity contribution is 5.47. The minimum Gasteiger partial charge on any atom is -0.490 e. The first-order valence-electron chi connectivity index (χ1n) is 6.09. The van der Waals surface area contributed by atoms with E-state index in [2.05, 4.69) is 0 Å². The van der Waals surface area contributed by atoms with Crippen molar-refractivity contribution in [2.45, 2.75) is 13.5 Å². The average molecular weight is 261 g/mol. The molecule has 0 saturated heterocycles. The Hall–Kier alpha value is -2.23. The van der Waals surface area contributed by atoms with Gasteiger partial charge in [0.25, 0.3) is 0 Å². The molecule has 19 heavy (non-hydrogen) atoms. The lowest BCUT2D eigenvalue weighted by Crippen LogP contribution is -2.02. The van der Waals surface area contributed by atoms with Crippen LogP contribution in [0.4, 0.5) is 10.1 Å². The van der Waals surface area contributed by atoms with E-state index in [9.17, 15) is 4.39 Å². The van der Waals surface area contributed by atoms with Crippen molar-refractivity contribution < 1.29 is 13.9 Å². The highest BCUT2D eigenvalue weighted by Crippen LogP contribution is 2.27. The molecule has 0 bridgehead atoms. The Kier molecular flexibility index (Phi) is 4.23. The van der Waals surface area contributed by atoms with Gasteiger partial charge in [-0.3, -0.25) is 0 Å². The highest BCUT2D eigenvalue weighted by Gasteiger charge is 2.06. The van der Waals surface area contributed by atoms with Gasteiger partial charge >= 0.3 is 0 Å². The number of nitrogens with two attached hydrogens (primary N) is 1. The second-order valence-corrected chi connectivity index (χ2v) is 4.01. The van der Waals surface area contributed by atoms with E-state index in [1.54, 1.807) is 6.07 Å². The predicted octanol–water partition coefficient (Wildman–Crippen LogP) is 3.39. The molecule has 0 aliphatic heterocycles. The lowest BCUT2D eigenvalue weighted by atomic mass is 10.2. The maximum Gasteiger partial charge on any atom is 0.161 e. The standard InChI is InChI=1S/C15H16FNO2/c1-2-18-14-5-3-4-6-15(14)19-10-11-9-12(16)7-8-13(11)17/h3-9H,2,10,17H2,1H3. The Bertz CT molecular complexity index is 558. The fourth-order valence-corrected chi connectivity index (χ4v) is 1.70. The minimum absolute atomic E-state index is 0.202. The Morgan fingerprint density at radius 2 is 1.74 bits per heavy atom. The molecule has 0 fully saturated rings. The normalized spacial score (nSPS) is 10.2. The van der Waals surface area contributed by atoms with Gasteiger partial charge < -0.3 is 15.2 Å². The van der Waals surface area contributed by atoms with Crippen molar-refractivity contribution >= 4 is 5.69 Å². The zero-order valence-electron chi connectivity index (χ0n) is 10.7. The van der Waals surface area contributed by atoms with Crippen LogP contribution in [0.5, 0.6) is 11.5 Å². The molecule has 0 radical (unpaired) electrons. The number of ether oxygens (including phenoxy) is 2. The van der Waals surface area contributed by atoms with Crippen molar-refractivity contribution in [1.29, 1.82) is 0 Å². The zero-order valence-corrected chi connectivity index (χ0v) is 10.7. The Labute approximate surface area is 111 Å². The zero-order chi connectivity index (χ0) is 13.7. The summed E-state index contributed by atoms with van der Waals surface area (Å²) in [5.41, 5.74) is 6.90. The van der Waals surface area contributed by atoms with Gasteiger partial charge in [0.1, 0.15) is 12.4 Å². The summed E-state index contributed by atoms with van der Waals surface area (Å²) >= 11 is 0. The molecule has 0 unspecified atom stereocenters. The summed E-state index contributed by atoms with van der Waals surface area (Å²) in [4.78, 5) is 0. The number of nitrogen functional groups attached to an aromatic ring is 1. The van der Waals surface area contributed by atoms with E-state index in [4.69, 9.17) is 15.2 Å². The molecule has 2 aromatic rings. The summed E-state index contributed by atoms with van der Waals surface area (Å²) in [6.45, 7) is 2.66. The van der Waals surface area contributed by atoms with Crippen molar-refractivity contribution in [3.63, 3.8) is 0 Å². The maximum atomic E-state index is 13.1. The van der Waals surface area contributed by atoms with E-state index in [-0.39, 0.29) is 12.4 Å². The lowest BCUT2D eigenvalue weighted by Gasteiger charge is -2.12. The molecular formula is C15H16FNO2. The number of benzene rings is 2. The summed E-state index contributed by atoms with van der Waals surface area (Å²) in [6.07, 6.45) is 0. The number of hydrogen-bond acceptors (Lipinski definition) is 3. The molecule has 0 saturated carbocycles. The van der Waals surface area contributed by atoms with E-state index >= 15 is 0 Å². The van der Waals surface area contributed by atoms with Crippen molar-refractivity contribution in [3.05, 3.63) is 53.8 Å². The van der Waals surface area contributed by atoms with Gasteiger partial charge in [0.2, 0.25) is 0 Å². The number of halogens is 1. The third-order valence-corrected chi connectivity index (χ3v) is 2.64. The van der Waals surface area contributed by atoms with Crippen LogP contribution in [0.25, 0.3) is 0 Å². The Morgan fingerprint density at radius 3 is 2.42 bits per heavy atom. The molecule has 0 aliphatic carbocycles. The summed E-state index contributed by atoms with van der Waals surface area (Å²) < 4.78 is 24.2. The second kappa shape index (κ2) is 6.09. The summed E-state index contributed by atoms with van der Waals surface area (Å²) in [7, 11) is 0. The van der Waals surface area contributed by atoms with E-state index in [1.165, 1.54) is 18.2 Å². The molecule has 100 valence electrons. The molecular weight excluding hydrogens is 245 g/mol. The summed E-state index contributed by atoms with van der Waals surface area (Å²) in [6, 6.07) is 11.6. The van der Waals surface area contributed by atoms with E-state index < -0.39 is 0 Å². The largest absolute Gasteiger partial charge is 0.490 e. The molecule has 4 heteroatoms. The average Bonchev–Trinajstić information content (AvgIpc) is 2.42.